The average Bonchev–Trinajstić information content (AvgIpc) is 2.27. The number of hydrogen-bond acceptors (Lipinski definition) is 4. The van der Waals surface area contributed by atoms with Crippen LogP contribution in [0.2, 0.25) is 0 Å². The fourth-order valence-corrected chi connectivity index (χ4v) is 1.29. The van der Waals surface area contributed by atoms with Crippen molar-refractivity contribution in [1.29, 1.82) is 0 Å². The topological polar surface area (TPSA) is 61.5 Å². The third kappa shape index (κ3) is 2.47. The Labute approximate surface area is 89.0 Å². The van der Waals surface area contributed by atoms with E-state index >= 15 is 0 Å². The number of rotatable bonds is 4. The highest BCUT2D eigenvalue weighted by Crippen LogP contribution is 2.28. The Morgan fingerprint density at radius 3 is 2.47 bits per heavy atom. The predicted molar refractivity (Wildman–Crippen MR) is 57.2 cm³/mol. The molecule has 1 aromatic carbocycles. The van der Waals surface area contributed by atoms with Crippen LogP contribution in [-0.4, -0.2) is 20.0 Å². The number of methoxy groups -OCH3 is 2. The molecular formula is C11H15NO3. The first-order valence-electron chi connectivity index (χ1n) is 4.58. The molecule has 4 heteroatoms. The maximum absolute atomic E-state index is 11.2. The third-order valence-corrected chi connectivity index (χ3v) is 2.21. The minimum absolute atomic E-state index is 0.0986. The molecular weight excluding hydrogens is 194 g/mol. The Hall–Kier alpha value is -1.55. The summed E-state index contributed by atoms with van der Waals surface area (Å²) >= 11 is 0. The SMILES string of the molecule is COc1ccc(C(N)C(C)=O)c(OC)c1. The summed E-state index contributed by atoms with van der Waals surface area (Å²) in [6.07, 6.45) is 0. The van der Waals surface area contributed by atoms with Gasteiger partial charge in [-0.05, 0) is 19.1 Å². The van der Waals surface area contributed by atoms with Crippen LogP contribution in [0.3, 0.4) is 0 Å². The minimum Gasteiger partial charge on any atom is -0.497 e. The van der Waals surface area contributed by atoms with E-state index in [1.54, 1.807) is 25.3 Å². The van der Waals surface area contributed by atoms with Crippen molar-refractivity contribution in [3.05, 3.63) is 23.8 Å². The van der Waals surface area contributed by atoms with Crippen molar-refractivity contribution in [1.82, 2.24) is 0 Å². The molecule has 4 nitrogen and oxygen atoms in total. The Balaban J connectivity index is 3.12. The summed E-state index contributed by atoms with van der Waals surface area (Å²) in [6.45, 7) is 1.45. The first-order chi connectivity index (χ1) is 7.10. The van der Waals surface area contributed by atoms with Gasteiger partial charge in [-0.1, -0.05) is 0 Å². The monoisotopic (exact) mass is 209 g/mol. The zero-order chi connectivity index (χ0) is 11.4. The quantitative estimate of drug-likeness (QED) is 0.811. The highest BCUT2D eigenvalue weighted by molar-refractivity contribution is 5.83. The molecule has 82 valence electrons. The molecule has 0 fully saturated rings. The number of nitrogens with two attached hydrogens (primary N) is 1. The molecule has 0 aliphatic heterocycles. The summed E-state index contributed by atoms with van der Waals surface area (Å²) in [4.78, 5) is 11.2. The number of Topliss-reactive ketones (excluding diaryl/α,β-unsaturated/α-hetero) is 1. The Bertz CT molecular complexity index is 363. The summed E-state index contributed by atoms with van der Waals surface area (Å²) in [5.41, 5.74) is 6.41. The lowest BCUT2D eigenvalue weighted by atomic mass is 10.0. The lowest BCUT2D eigenvalue weighted by Gasteiger charge is -2.14. The van der Waals surface area contributed by atoms with Gasteiger partial charge in [-0.15, -0.1) is 0 Å². The molecule has 0 aliphatic carbocycles. The van der Waals surface area contributed by atoms with Crippen molar-refractivity contribution >= 4 is 5.78 Å². The summed E-state index contributed by atoms with van der Waals surface area (Å²) in [7, 11) is 3.10. The van der Waals surface area contributed by atoms with Gasteiger partial charge in [0.2, 0.25) is 0 Å². The smallest absolute Gasteiger partial charge is 0.151 e. The minimum atomic E-state index is -0.647. The second-order valence-corrected chi connectivity index (χ2v) is 3.20. The number of carbonyl (C=O) groups is 1. The van der Waals surface area contributed by atoms with Crippen LogP contribution in [-0.2, 0) is 4.79 Å². The zero-order valence-electron chi connectivity index (χ0n) is 9.11. The molecule has 0 saturated carbocycles. The summed E-state index contributed by atoms with van der Waals surface area (Å²) in [5.74, 6) is 1.14. The molecule has 2 N–H and O–H groups in total. The number of carbonyl (C=O) groups excluding carboxylic acids is 1. The molecule has 1 atom stereocenters. The van der Waals surface area contributed by atoms with Crippen LogP contribution in [0, 0.1) is 0 Å². The number of hydrogen-bond donors (Lipinski definition) is 1. The van der Waals surface area contributed by atoms with E-state index in [0.29, 0.717) is 17.1 Å². The van der Waals surface area contributed by atoms with E-state index in [-0.39, 0.29) is 5.78 Å². The fraction of sp³-hybridized carbons (Fsp3) is 0.364. The molecule has 1 unspecified atom stereocenters. The second-order valence-electron chi connectivity index (χ2n) is 3.20. The van der Waals surface area contributed by atoms with E-state index in [0.717, 1.165) is 0 Å². The van der Waals surface area contributed by atoms with Crippen LogP contribution in [0.5, 0.6) is 11.5 Å². The van der Waals surface area contributed by atoms with Crippen LogP contribution in [0.4, 0.5) is 0 Å². The standard InChI is InChI=1S/C11H15NO3/c1-7(13)11(12)9-5-4-8(14-2)6-10(9)15-3/h4-6,11H,12H2,1-3H3. The normalized spacial score (nSPS) is 12.0. The van der Waals surface area contributed by atoms with Gasteiger partial charge in [0, 0.05) is 11.6 Å². The van der Waals surface area contributed by atoms with Crippen molar-refractivity contribution in [2.75, 3.05) is 14.2 Å². The number of ketones is 1. The van der Waals surface area contributed by atoms with Gasteiger partial charge in [-0.3, -0.25) is 4.79 Å². The number of ether oxygens (including phenoxy) is 2. The van der Waals surface area contributed by atoms with E-state index in [9.17, 15) is 4.79 Å². The molecule has 1 aromatic rings. The molecule has 15 heavy (non-hydrogen) atoms. The molecule has 0 amide bonds. The van der Waals surface area contributed by atoms with Crippen molar-refractivity contribution in [2.24, 2.45) is 5.73 Å². The van der Waals surface area contributed by atoms with Gasteiger partial charge in [0.05, 0.1) is 20.3 Å². The first kappa shape index (κ1) is 11.5. The van der Waals surface area contributed by atoms with Gasteiger partial charge in [0.1, 0.15) is 11.5 Å². The first-order valence-corrected chi connectivity index (χ1v) is 4.58. The van der Waals surface area contributed by atoms with E-state index in [2.05, 4.69) is 0 Å². The fourth-order valence-electron chi connectivity index (χ4n) is 1.29. The van der Waals surface area contributed by atoms with Gasteiger partial charge in [-0.25, -0.2) is 0 Å². The summed E-state index contributed by atoms with van der Waals surface area (Å²) < 4.78 is 10.2. The van der Waals surface area contributed by atoms with Crippen LogP contribution in [0.25, 0.3) is 0 Å². The van der Waals surface area contributed by atoms with Crippen molar-refractivity contribution in [3.63, 3.8) is 0 Å². The molecule has 0 spiro atoms. The Kier molecular flexibility index (Phi) is 3.68. The Morgan fingerprint density at radius 1 is 1.33 bits per heavy atom. The Morgan fingerprint density at radius 2 is 2.00 bits per heavy atom. The maximum Gasteiger partial charge on any atom is 0.151 e. The molecule has 0 bridgehead atoms. The molecule has 0 heterocycles. The second kappa shape index (κ2) is 4.79. The van der Waals surface area contributed by atoms with E-state index in [1.807, 2.05) is 0 Å². The van der Waals surface area contributed by atoms with Crippen LogP contribution in [0.1, 0.15) is 18.5 Å². The maximum atomic E-state index is 11.2. The zero-order valence-corrected chi connectivity index (χ0v) is 9.11. The van der Waals surface area contributed by atoms with Gasteiger partial charge in [0.25, 0.3) is 0 Å². The average molecular weight is 209 g/mol. The molecule has 0 aromatic heterocycles. The molecule has 0 aliphatic rings. The van der Waals surface area contributed by atoms with Crippen molar-refractivity contribution < 1.29 is 14.3 Å². The molecule has 0 radical (unpaired) electrons. The van der Waals surface area contributed by atoms with E-state index < -0.39 is 6.04 Å². The lowest BCUT2D eigenvalue weighted by molar-refractivity contribution is -0.118. The van der Waals surface area contributed by atoms with Gasteiger partial charge >= 0.3 is 0 Å². The molecule has 1 rings (SSSR count). The van der Waals surface area contributed by atoms with Crippen molar-refractivity contribution in [2.45, 2.75) is 13.0 Å². The van der Waals surface area contributed by atoms with E-state index in [4.69, 9.17) is 15.2 Å². The highest BCUT2D eigenvalue weighted by atomic mass is 16.5. The highest BCUT2D eigenvalue weighted by Gasteiger charge is 2.16. The lowest BCUT2D eigenvalue weighted by Crippen LogP contribution is -2.19. The van der Waals surface area contributed by atoms with Gasteiger partial charge in [-0.2, -0.15) is 0 Å². The van der Waals surface area contributed by atoms with Gasteiger partial charge in [0.15, 0.2) is 5.78 Å². The third-order valence-electron chi connectivity index (χ3n) is 2.21. The van der Waals surface area contributed by atoms with Crippen LogP contribution < -0.4 is 15.2 Å². The van der Waals surface area contributed by atoms with Gasteiger partial charge < -0.3 is 15.2 Å². The molecule has 0 saturated heterocycles. The van der Waals surface area contributed by atoms with Crippen molar-refractivity contribution in [3.8, 4) is 11.5 Å². The summed E-state index contributed by atoms with van der Waals surface area (Å²) in [5, 5.41) is 0. The summed E-state index contributed by atoms with van der Waals surface area (Å²) in [6, 6.07) is 4.55. The van der Waals surface area contributed by atoms with E-state index in [1.165, 1.54) is 14.0 Å². The van der Waals surface area contributed by atoms with Crippen LogP contribution >= 0.6 is 0 Å². The number of benzene rings is 1. The van der Waals surface area contributed by atoms with Crippen LogP contribution in [0.15, 0.2) is 18.2 Å². The largest absolute Gasteiger partial charge is 0.497 e. The predicted octanol–water partition coefficient (Wildman–Crippen LogP) is 1.29.